The van der Waals surface area contributed by atoms with Crippen LogP contribution in [0.4, 0.5) is 5.13 Å². The lowest BCUT2D eigenvalue weighted by atomic mass is 9.87. The topological polar surface area (TPSA) is 215 Å². The van der Waals surface area contributed by atoms with E-state index in [4.69, 9.17) is 34.3 Å². The van der Waals surface area contributed by atoms with Gasteiger partial charge >= 0.3 is 5.97 Å². The molecule has 1 saturated heterocycles. The number of carbonyl (C=O) groups excluding carboxylic acids is 2. The number of hydrogen-bond donors (Lipinski definition) is 5. The number of aromatic nitrogens is 1. The minimum absolute atomic E-state index is 0.128. The van der Waals surface area contributed by atoms with Crippen LogP contribution in [0.3, 0.4) is 0 Å². The maximum absolute atomic E-state index is 13.5. The lowest BCUT2D eigenvalue weighted by Gasteiger charge is -2.55. The van der Waals surface area contributed by atoms with Crippen molar-refractivity contribution in [2.75, 3.05) is 25.1 Å². The van der Waals surface area contributed by atoms with Crippen LogP contribution in [0.25, 0.3) is 0 Å². The van der Waals surface area contributed by atoms with Crippen LogP contribution in [0.1, 0.15) is 12.6 Å². The highest BCUT2D eigenvalue weighted by Gasteiger charge is 2.65. The Morgan fingerprint density at radius 3 is 2.78 bits per heavy atom. The average Bonchev–Trinajstić information content (AvgIpc) is 3.29. The largest absolute Gasteiger partial charge is 0.477 e. The van der Waals surface area contributed by atoms with Crippen molar-refractivity contribution in [3.05, 3.63) is 34.2 Å². The smallest absolute Gasteiger partial charge is 0.353 e. The monoisotopic (exact) mass is 565 g/mol. The van der Waals surface area contributed by atoms with Gasteiger partial charge in [-0.15, -0.1) is 23.1 Å². The molecule has 8 N–H and O–H groups in total. The molecule has 0 aromatic carbocycles. The zero-order valence-corrected chi connectivity index (χ0v) is 22.0. The number of nitrogen functional groups attached to an aromatic ring is 1. The van der Waals surface area contributed by atoms with E-state index in [1.807, 2.05) is 0 Å². The van der Waals surface area contributed by atoms with Gasteiger partial charge in [0.15, 0.2) is 16.4 Å². The van der Waals surface area contributed by atoms with E-state index in [0.717, 1.165) is 21.6 Å². The maximum atomic E-state index is 13.5. The molecule has 4 rings (SSSR count). The lowest BCUT2D eigenvalue weighted by molar-refractivity contribution is -0.153. The van der Waals surface area contributed by atoms with Crippen LogP contribution in [-0.4, -0.2) is 91.1 Å². The second-order valence-corrected chi connectivity index (χ2v) is 10.2. The van der Waals surface area contributed by atoms with Gasteiger partial charge in [0.1, 0.15) is 41.2 Å². The van der Waals surface area contributed by atoms with Crippen LogP contribution < -0.4 is 22.5 Å². The van der Waals surface area contributed by atoms with E-state index in [9.17, 15) is 19.5 Å². The zero-order chi connectivity index (χ0) is 27.1. The summed E-state index contributed by atoms with van der Waals surface area (Å²) in [4.78, 5) is 55.1. The van der Waals surface area contributed by atoms with Gasteiger partial charge in [-0.1, -0.05) is 17.4 Å². The Hall–Kier alpha value is -3.54. The number of thiocarbonyl (C=S) groups is 1. The van der Waals surface area contributed by atoms with Gasteiger partial charge in [-0.05, 0) is 13.0 Å². The van der Waals surface area contributed by atoms with Crippen molar-refractivity contribution in [3.8, 4) is 0 Å². The number of nitrogens with one attached hydrogen (secondary N) is 1. The first-order valence-electron chi connectivity index (χ1n) is 10.7. The van der Waals surface area contributed by atoms with Gasteiger partial charge in [0.2, 0.25) is 0 Å². The van der Waals surface area contributed by atoms with Crippen molar-refractivity contribution in [1.82, 2.24) is 20.1 Å². The minimum Gasteiger partial charge on any atom is -0.477 e. The molecule has 2 unspecified atom stereocenters. The number of aliphatic carboxylic acids is 1. The molecule has 0 bridgehead atoms. The fourth-order valence-electron chi connectivity index (χ4n) is 3.93. The standard InChI is InChI=1S/C20H23N9O5S3/c1-3-34-27-12(9-6-37-19(23)24-9)15(30)26-20(7-35)17(33)29-13(16(31)32)8(5-36-18(20)29)14-25-10(21)4-11(22)28(14)2/h4,6-7,11,18H,3,5,21-22H2,1-2H3,(H2,23,24)(H,26,30)(H,31,32)/b27-12-/t11?,18-,20?/m0/s1. The molecule has 3 atom stereocenters. The van der Waals surface area contributed by atoms with E-state index < -0.39 is 34.9 Å². The number of nitrogens with two attached hydrogens (primary N) is 3. The Balaban J connectivity index is 1.69. The van der Waals surface area contributed by atoms with E-state index in [0.29, 0.717) is 0 Å². The van der Waals surface area contributed by atoms with Gasteiger partial charge in [0.25, 0.3) is 11.8 Å². The number of fused-ring (bicyclic) bond motifs is 1. The number of β-lactam (4-membered cyclic amide) rings is 1. The summed E-state index contributed by atoms with van der Waals surface area (Å²) in [5.74, 6) is -2.39. The van der Waals surface area contributed by atoms with E-state index in [1.165, 1.54) is 23.2 Å². The Morgan fingerprint density at radius 1 is 1.46 bits per heavy atom. The molecule has 3 aliphatic rings. The molecule has 2 amide bonds. The highest BCUT2D eigenvalue weighted by molar-refractivity contribution is 8.00. The molecule has 4 heterocycles. The Labute approximate surface area is 224 Å². The number of rotatable bonds is 8. The minimum atomic E-state index is -1.69. The number of thiazole rings is 1. The first kappa shape index (κ1) is 26.5. The second kappa shape index (κ2) is 10.1. The number of oxime groups is 1. The number of aliphatic imine (C=N–C) groups is 1. The molecule has 196 valence electrons. The van der Waals surface area contributed by atoms with Gasteiger partial charge in [-0.3, -0.25) is 14.5 Å². The Kier molecular flexibility index (Phi) is 7.22. The third-order valence-corrected chi connectivity index (χ3v) is 8.11. The van der Waals surface area contributed by atoms with Crippen LogP contribution in [0.15, 0.2) is 38.7 Å². The number of amides is 2. The van der Waals surface area contributed by atoms with Crippen molar-refractivity contribution in [2.24, 2.45) is 21.6 Å². The number of nitrogens with zero attached hydrogens (tertiary/aromatic N) is 5. The predicted octanol–water partition coefficient (Wildman–Crippen LogP) is -0.997. The van der Waals surface area contributed by atoms with E-state index in [1.54, 1.807) is 18.9 Å². The van der Waals surface area contributed by atoms with Crippen LogP contribution in [0, 0.1) is 0 Å². The van der Waals surface area contributed by atoms with Crippen LogP contribution in [0.5, 0.6) is 0 Å². The first-order valence-corrected chi connectivity index (χ1v) is 13.1. The fraction of sp³-hybridized carbons (Fsp3) is 0.350. The number of carbonyl (C=O) groups is 3. The van der Waals surface area contributed by atoms with Crippen LogP contribution in [0.2, 0.25) is 0 Å². The normalized spacial score (nSPS) is 25.6. The Bertz CT molecular complexity index is 1310. The molecule has 1 aromatic rings. The van der Waals surface area contributed by atoms with Gasteiger partial charge in [-0.25, -0.2) is 14.8 Å². The summed E-state index contributed by atoms with van der Waals surface area (Å²) < 4.78 is 0. The molecule has 37 heavy (non-hydrogen) atoms. The molecular weight excluding hydrogens is 542 g/mol. The maximum Gasteiger partial charge on any atom is 0.353 e. The summed E-state index contributed by atoms with van der Waals surface area (Å²) in [5.41, 5.74) is 15.8. The van der Waals surface area contributed by atoms with E-state index >= 15 is 0 Å². The number of carboxylic acid groups (broad SMARTS) is 1. The fourth-order valence-corrected chi connectivity index (χ4v) is 6.28. The summed E-state index contributed by atoms with van der Waals surface area (Å²) in [5, 5.41) is 18.5. The van der Waals surface area contributed by atoms with Gasteiger partial charge in [-0.2, -0.15) is 0 Å². The molecule has 17 heteroatoms. The SMILES string of the molecule is CCO/N=C(\C(=O)NC1(C=S)C(=O)N2C(C(=O)O)=C(C3=NC(N)=CC(N)N3C)CS[C@H]21)c1csc(N)n1. The molecule has 0 aliphatic carbocycles. The quantitative estimate of drug-likeness (QED) is 0.111. The molecule has 14 nitrogen and oxygen atoms in total. The number of anilines is 1. The van der Waals surface area contributed by atoms with Gasteiger partial charge in [0, 0.05) is 29.1 Å². The van der Waals surface area contributed by atoms with Crippen LogP contribution >= 0.6 is 35.3 Å². The van der Waals surface area contributed by atoms with Crippen molar-refractivity contribution < 1.29 is 24.3 Å². The predicted molar refractivity (Wildman–Crippen MR) is 142 cm³/mol. The van der Waals surface area contributed by atoms with Gasteiger partial charge in [0.05, 0.1) is 0 Å². The third-order valence-electron chi connectivity index (χ3n) is 5.71. The third kappa shape index (κ3) is 4.43. The molecule has 1 fully saturated rings. The molecule has 0 radical (unpaired) electrons. The Morgan fingerprint density at radius 2 is 2.19 bits per heavy atom. The number of thioether (sulfide) groups is 1. The first-order chi connectivity index (χ1) is 17.5. The average molecular weight is 566 g/mol. The number of amidine groups is 1. The lowest BCUT2D eigenvalue weighted by Crippen LogP contribution is -2.81. The summed E-state index contributed by atoms with van der Waals surface area (Å²) in [6, 6.07) is 0. The van der Waals surface area contributed by atoms with Crippen molar-refractivity contribution >= 4 is 75.1 Å². The highest BCUT2D eigenvalue weighted by atomic mass is 32.2. The van der Waals surface area contributed by atoms with Gasteiger partial charge < -0.3 is 37.4 Å². The highest BCUT2D eigenvalue weighted by Crippen LogP contribution is 2.46. The summed E-state index contributed by atoms with van der Waals surface area (Å²) >= 11 is 7.47. The summed E-state index contributed by atoms with van der Waals surface area (Å²) in [6.07, 6.45) is 0.884. The van der Waals surface area contributed by atoms with E-state index in [2.05, 4.69) is 20.4 Å². The van der Waals surface area contributed by atoms with Crippen molar-refractivity contribution in [1.29, 1.82) is 0 Å². The summed E-state index contributed by atoms with van der Waals surface area (Å²) in [7, 11) is 1.64. The zero-order valence-electron chi connectivity index (χ0n) is 19.6. The van der Waals surface area contributed by atoms with Crippen molar-refractivity contribution in [2.45, 2.75) is 24.0 Å². The number of likely N-dealkylation sites (N-methyl/N-ethyl adjacent to an activating group) is 1. The molecule has 0 spiro atoms. The second-order valence-electron chi connectivity index (χ2n) is 7.97. The molecular formula is C20H23N9O5S3. The molecule has 0 saturated carbocycles. The number of carboxylic acids is 1. The van der Waals surface area contributed by atoms with Crippen molar-refractivity contribution in [3.63, 3.8) is 0 Å². The summed E-state index contributed by atoms with van der Waals surface area (Å²) in [6.45, 7) is 1.86. The molecule has 1 aromatic heterocycles. The number of hydrogen-bond acceptors (Lipinski definition) is 14. The van der Waals surface area contributed by atoms with E-state index in [-0.39, 0.29) is 51.8 Å². The molecule has 3 aliphatic heterocycles. The van der Waals surface area contributed by atoms with Crippen LogP contribution in [-0.2, 0) is 19.2 Å².